The van der Waals surface area contributed by atoms with E-state index in [1.807, 2.05) is 13.0 Å². The average molecular weight is 436 g/mol. The van der Waals surface area contributed by atoms with Crippen molar-refractivity contribution in [1.82, 2.24) is 0 Å². The SMILES string of the molecule is CCOc1ccc(NC(=O)/C(C#N)=C/c2cc(Br)cc(Cl)c2OC)cc1. The van der Waals surface area contributed by atoms with E-state index in [1.54, 1.807) is 36.4 Å². The van der Waals surface area contributed by atoms with E-state index in [4.69, 9.17) is 21.1 Å². The fraction of sp³-hybridized carbons (Fsp3) is 0.158. The van der Waals surface area contributed by atoms with Crippen LogP contribution in [-0.4, -0.2) is 19.6 Å². The van der Waals surface area contributed by atoms with Gasteiger partial charge in [-0.3, -0.25) is 4.79 Å². The summed E-state index contributed by atoms with van der Waals surface area (Å²) in [6.07, 6.45) is 1.43. The van der Waals surface area contributed by atoms with Gasteiger partial charge in [-0.1, -0.05) is 27.5 Å². The van der Waals surface area contributed by atoms with Crippen molar-refractivity contribution < 1.29 is 14.3 Å². The summed E-state index contributed by atoms with van der Waals surface area (Å²) < 4.78 is 11.3. The van der Waals surface area contributed by atoms with Crippen molar-refractivity contribution in [3.05, 3.63) is 57.0 Å². The smallest absolute Gasteiger partial charge is 0.266 e. The second kappa shape index (κ2) is 9.27. The van der Waals surface area contributed by atoms with Crippen molar-refractivity contribution in [2.75, 3.05) is 19.0 Å². The molecule has 0 radical (unpaired) electrons. The second-order valence-corrected chi connectivity index (χ2v) is 6.41. The molecule has 0 atom stereocenters. The van der Waals surface area contributed by atoms with Gasteiger partial charge in [0.2, 0.25) is 0 Å². The third-order valence-electron chi connectivity index (χ3n) is 3.33. The van der Waals surface area contributed by atoms with E-state index in [0.29, 0.717) is 38.9 Å². The molecule has 5 nitrogen and oxygen atoms in total. The lowest BCUT2D eigenvalue weighted by Crippen LogP contribution is -2.13. The van der Waals surface area contributed by atoms with Crippen LogP contribution in [0.2, 0.25) is 5.02 Å². The Bertz CT molecular complexity index is 874. The van der Waals surface area contributed by atoms with Crippen LogP contribution in [0.1, 0.15) is 12.5 Å². The maximum atomic E-state index is 12.4. The number of carbonyl (C=O) groups excluding carboxylic acids is 1. The molecule has 7 heteroatoms. The molecule has 1 N–H and O–H groups in total. The Morgan fingerprint density at radius 2 is 2.04 bits per heavy atom. The minimum atomic E-state index is -0.533. The molecule has 0 fully saturated rings. The molecular weight excluding hydrogens is 420 g/mol. The lowest BCUT2D eigenvalue weighted by Gasteiger charge is -2.09. The van der Waals surface area contributed by atoms with Gasteiger partial charge >= 0.3 is 0 Å². The summed E-state index contributed by atoms with van der Waals surface area (Å²) in [6, 6.07) is 12.2. The van der Waals surface area contributed by atoms with Crippen LogP contribution < -0.4 is 14.8 Å². The first-order chi connectivity index (χ1) is 12.5. The number of benzene rings is 2. The number of rotatable bonds is 6. The zero-order valence-electron chi connectivity index (χ0n) is 14.2. The Morgan fingerprint density at radius 1 is 1.35 bits per heavy atom. The summed E-state index contributed by atoms with van der Waals surface area (Å²) in [5.41, 5.74) is 0.996. The van der Waals surface area contributed by atoms with Crippen LogP contribution in [0.5, 0.6) is 11.5 Å². The highest BCUT2D eigenvalue weighted by molar-refractivity contribution is 9.10. The molecule has 0 saturated carbocycles. The zero-order chi connectivity index (χ0) is 19.1. The number of nitrogens with one attached hydrogen (secondary N) is 1. The normalized spacial score (nSPS) is 10.8. The minimum Gasteiger partial charge on any atom is -0.495 e. The van der Waals surface area contributed by atoms with Gasteiger partial charge in [0, 0.05) is 15.7 Å². The van der Waals surface area contributed by atoms with Crippen LogP contribution in [0, 0.1) is 11.3 Å². The quantitative estimate of drug-likeness (QED) is 0.509. The summed E-state index contributed by atoms with van der Waals surface area (Å²) >= 11 is 9.47. The molecule has 0 aliphatic carbocycles. The fourth-order valence-electron chi connectivity index (χ4n) is 2.21. The van der Waals surface area contributed by atoms with Crippen LogP contribution >= 0.6 is 27.5 Å². The van der Waals surface area contributed by atoms with Crippen molar-refractivity contribution in [2.45, 2.75) is 6.92 Å². The van der Waals surface area contributed by atoms with Crippen LogP contribution in [0.4, 0.5) is 5.69 Å². The van der Waals surface area contributed by atoms with Crippen LogP contribution in [-0.2, 0) is 4.79 Å². The minimum absolute atomic E-state index is 0.0775. The molecule has 0 aliphatic rings. The molecule has 0 aromatic heterocycles. The number of carbonyl (C=O) groups is 1. The van der Waals surface area contributed by atoms with E-state index in [0.717, 1.165) is 0 Å². The third kappa shape index (κ3) is 5.01. The van der Waals surface area contributed by atoms with Gasteiger partial charge in [0.25, 0.3) is 5.91 Å². The van der Waals surface area contributed by atoms with Gasteiger partial charge in [0.15, 0.2) is 0 Å². The highest BCUT2D eigenvalue weighted by Gasteiger charge is 2.14. The summed E-state index contributed by atoms with van der Waals surface area (Å²) in [4.78, 5) is 12.4. The lowest BCUT2D eigenvalue weighted by molar-refractivity contribution is -0.112. The van der Waals surface area contributed by atoms with Crippen LogP contribution in [0.25, 0.3) is 6.08 Å². The van der Waals surface area contributed by atoms with E-state index in [2.05, 4.69) is 21.2 Å². The van der Waals surface area contributed by atoms with Gasteiger partial charge in [-0.25, -0.2) is 0 Å². The molecule has 0 unspecified atom stereocenters. The average Bonchev–Trinajstić information content (AvgIpc) is 2.61. The van der Waals surface area contributed by atoms with E-state index >= 15 is 0 Å². The van der Waals surface area contributed by atoms with Gasteiger partial charge in [-0.15, -0.1) is 0 Å². The van der Waals surface area contributed by atoms with Gasteiger partial charge in [0.05, 0.1) is 18.7 Å². The maximum absolute atomic E-state index is 12.4. The van der Waals surface area contributed by atoms with Crippen molar-refractivity contribution in [2.24, 2.45) is 0 Å². The maximum Gasteiger partial charge on any atom is 0.266 e. The van der Waals surface area contributed by atoms with E-state index < -0.39 is 5.91 Å². The highest BCUT2D eigenvalue weighted by atomic mass is 79.9. The van der Waals surface area contributed by atoms with Gasteiger partial charge in [-0.05, 0) is 49.4 Å². The van der Waals surface area contributed by atoms with Crippen molar-refractivity contribution in [1.29, 1.82) is 5.26 Å². The number of hydrogen-bond acceptors (Lipinski definition) is 4. The Kier molecular flexibility index (Phi) is 7.07. The Balaban J connectivity index is 2.26. The molecule has 0 aliphatic heterocycles. The monoisotopic (exact) mass is 434 g/mol. The first-order valence-electron chi connectivity index (χ1n) is 7.67. The van der Waals surface area contributed by atoms with Gasteiger partial charge in [0.1, 0.15) is 23.1 Å². The fourth-order valence-corrected chi connectivity index (χ4v) is 3.12. The predicted octanol–water partition coefficient (Wildman–Crippen LogP) is 5.06. The van der Waals surface area contributed by atoms with E-state index in [1.165, 1.54) is 13.2 Å². The molecule has 2 rings (SSSR count). The summed E-state index contributed by atoms with van der Waals surface area (Å²) in [5.74, 6) is 0.557. The third-order valence-corrected chi connectivity index (χ3v) is 4.07. The standard InChI is InChI=1S/C19H16BrClN2O3/c1-3-26-16-6-4-15(5-7-16)23-19(24)13(11-22)8-12-9-14(20)10-17(21)18(12)25-2/h4-10H,3H2,1-2H3,(H,23,24)/b13-8+. The number of ether oxygens (including phenoxy) is 2. The predicted molar refractivity (Wildman–Crippen MR) is 106 cm³/mol. The van der Waals surface area contributed by atoms with Crippen molar-refractivity contribution in [3.63, 3.8) is 0 Å². The number of hydrogen-bond donors (Lipinski definition) is 1. The number of anilines is 1. The number of nitrogens with zero attached hydrogens (tertiary/aromatic N) is 1. The number of methoxy groups -OCH3 is 1. The van der Waals surface area contributed by atoms with Gasteiger partial charge in [-0.2, -0.15) is 5.26 Å². The molecule has 26 heavy (non-hydrogen) atoms. The summed E-state index contributed by atoms with van der Waals surface area (Å²) in [6.45, 7) is 2.45. The lowest BCUT2D eigenvalue weighted by atomic mass is 10.1. The van der Waals surface area contributed by atoms with Crippen LogP contribution in [0.15, 0.2) is 46.4 Å². The molecule has 0 spiro atoms. The Labute approximate surface area is 165 Å². The molecule has 2 aromatic carbocycles. The molecule has 0 heterocycles. The van der Waals surface area contributed by atoms with Crippen LogP contribution in [0.3, 0.4) is 0 Å². The molecule has 0 saturated heterocycles. The van der Waals surface area contributed by atoms with Gasteiger partial charge < -0.3 is 14.8 Å². The summed E-state index contributed by atoms with van der Waals surface area (Å²) in [7, 11) is 1.47. The first kappa shape index (κ1) is 19.8. The van der Waals surface area contributed by atoms with Crippen molar-refractivity contribution >= 4 is 45.2 Å². The Morgan fingerprint density at radius 3 is 2.62 bits per heavy atom. The zero-order valence-corrected chi connectivity index (χ0v) is 16.5. The number of nitriles is 1. The topological polar surface area (TPSA) is 71.3 Å². The molecule has 1 amide bonds. The molecule has 2 aromatic rings. The highest BCUT2D eigenvalue weighted by Crippen LogP contribution is 2.33. The number of amides is 1. The summed E-state index contributed by atoms with van der Waals surface area (Å²) in [5, 5.41) is 12.4. The van der Waals surface area contributed by atoms with E-state index in [9.17, 15) is 10.1 Å². The molecule has 134 valence electrons. The number of halogens is 2. The molecule has 0 bridgehead atoms. The Hall–Kier alpha value is -2.49. The van der Waals surface area contributed by atoms with E-state index in [-0.39, 0.29) is 5.57 Å². The largest absolute Gasteiger partial charge is 0.495 e. The first-order valence-corrected chi connectivity index (χ1v) is 8.84. The molecular formula is C19H16BrClN2O3. The van der Waals surface area contributed by atoms with Crippen molar-refractivity contribution in [3.8, 4) is 17.6 Å². The second-order valence-electron chi connectivity index (χ2n) is 5.09.